The van der Waals surface area contributed by atoms with E-state index in [9.17, 15) is 4.79 Å². The fourth-order valence-electron chi connectivity index (χ4n) is 3.47. The lowest BCUT2D eigenvalue weighted by atomic mass is 10.1. The maximum absolute atomic E-state index is 12.1. The number of hydrogen-bond donors (Lipinski definition) is 2. The first kappa shape index (κ1) is 27.1. The molecule has 1 aromatic carbocycles. The molecular formula is C22H37IN4O4. The zero-order chi connectivity index (χ0) is 21.8. The number of ether oxygens (including phenoxy) is 3. The Bertz CT molecular complexity index is 715. The summed E-state index contributed by atoms with van der Waals surface area (Å²) in [4.78, 5) is 18.8. The summed E-state index contributed by atoms with van der Waals surface area (Å²) in [6.07, 6.45) is 4.85. The van der Waals surface area contributed by atoms with Gasteiger partial charge >= 0.3 is 0 Å². The predicted molar refractivity (Wildman–Crippen MR) is 134 cm³/mol. The second-order valence-corrected chi connectivity index (χ2v) is 7.19. The Morgan fingerprint density at radius 1 is 1.03 bits per heavy atom. The number of carbonyl (C=O) groups is 1. The van der Waals surface area contributed by atoms with E-state index in [2.05, 4.69) is 15.6 Å². The Morgan fingerprint density at radius 3 is 2.42 bits per heavy atom. The van der Waals surface area contributed by atoms with Crippen molar-refractivity contribution in [1.82, 2.24) is 15.5 Å². The minimum absolute atomic E-state index is 0. The van der Waals surface area contributed by atoms with Crippen molar-refractivity contribution in [3.8, 4) is 17.2 Å². The summed E-state index contributed by atoms with van der Waals surface area (Å²) in [5.41, 5.74) is 0.905. The van der Waals surface area contributed by atoms with Crippen LogP contribution in [0.25, 0.3) is 0 Å². The lowest BCUT2D eigenvalue weighted by molar-refractivity contribution is -0.130. The van der Waals surface area contributed by atoms with E-state index in [1.165, 1.54) is 0 Å². The van der Waals surface area contributed by atoms with Gasteiger partial charge in [-0.1, -0.05) is 6.42 Å². The number of benzene rings is 1. The lowest BCUT2D eigenvalue weighted by Crippen LogP contribution is -2.39. The third kappa shape index (κ3) is 8.62. The highest BCUT2D eigenvalue weighted by Gasteiger charge is 2.16. The summed E-state index contributed by atoms with van der Waals surface area (Å²) in [5, 5.41) is 6.61. The lowest BCUT2D eigenvalue weighted by Gasteiger charge is -2.20. The molecule has 0 spiro atoms. The summed E-state index contributed by atoms with van der Waals surface area (Å²) < 4.78 is 16.2. The predicted octanol–water partition coefficient (Wildman–Crippen LogP) is 3.18. The summed E-state index contributed by atoms with van der Waals surface area (Å²) >= 11 is 0. The Labute approximate surface area is 203 Å². The zero-order valence-electron chi connectivity index (χ0n) is 19.2. The minimum atomic E-state index is 0. The van der Waals surface area contributed by atoms with Crippen molar-refractivity contribution in [3.63, 3.8) is 0 Å². The van der Waals surface area contributed by atoms with Crippen LogP contribution in [0.4, 0.5) is 0 Å². The first-order valence-corrected chi connectivity index (χ1v) is 10.7. The second-order valence-electron chi connectivity index (χ2n) is 7.19. The van der Waals surface area contributed by atoms with Crippen molar-refractivity contribution in [1.29, 1.82) is 0 Å². The van der Waals surface area contributed by atoms with Gasteiger partial charge in [0.15, 0.2) is 17.5 Å². The van der Waals surface area contributed by atoms with Crippen LogP contribution in [0.2, 0.25) is 0 Å². The molecule has 1 fully saturated rings. The van der Waals surface area contributed by atoms with Gasteiger partial charge in [0.2, 0.25) is 5.91 Å². The molecule has 176 valence electrons. The van der Waals surface area contributed by atoms with Gasteiger partial charge in [-0.05, 0) is 32.3 Å². The largest absolute Gasteiger partial charge is 0.496 e. The molecule has 31 heavy (non-hydrogen) atoms. The number of halogens is 1. The summed E-state index contributed by atoms with van der Waals surface area (Å²) in [7, 11) is 4.83. The van der Waals surface area contributed by atoms with E-state index in [0.29, 0.717) is 30.2 Å². The van der Waals surface area contributed by atoms with Crippen molar-refractivity contribution in [3.05, 3.63) is 17.7 Å². The van der Waals surface area contributed by atoms with Crippen LogP contribution in [-0.4, -0.2) is 64.3 Å². The number of aliphatic imine (C=N–C) groups is 1. The molecule has 1 aliphatic heterocycles. The van der Waals surface area contributed by atoms with Crippen LogP contribution in [0.1, 0.15) is 44.6 Å². The zero-order valence-corrected chi connectivity index (χ0v) is 21.5. The molecule has 0 bridgehead atoms. The van der Waals surface area contributed by atoms with Gasteiger partial charge < -0.3 is 29.7 Å². The molecule has 8 nitrogen and oxygen atoms in total. The van der Waals surface area contributed by atoms with Crippen LogP contribution in [0.3, 0.4) is 0 Å². The van der Waals surface area contributed by atoms with Crippen LogP contribution < -0.4 is 24.8 Å². The maximum atomic E-state index is 12.1. The fraction of sp³-hybridized carbons (Fsp3) is 0.636. The molecule has 0 saturated carbocycles. The molecule has 0 aromatic heterocycles. The number of carbonyl (C=O) groups excluding carboxylic acids is 1. The summed E-state index contributed by atoms with van der Waals surface area (Å²) in [5.74, 6) is 2.98. The van der Waals surface area contributed by atoms with Gasteiger partial charge in [-0.3, -0.25) is 4.79 Å². The topological polar surface area (TPSA) is 84.4 Å². The SMILES string of the molecule is CCNC(=NCc1cc(OC)c(OC)cc1OC)NCCCN1CCCCCC1=O.I. The molecule has 0 radical (unpaired) electrons. The number of nitrogens with zero attached hydrogens (tertiary/aromatic N) is 2. The van der Waals surface area contributed by atoms with Crippen LogP contribution in [0, 0.1) is 0 Å². The molecule has 1 aromatic rings. The molecule has 1 amide bonds. The number of amides is 1. The van der Waals surface area contributed by atoms with Crippen molar-refractivity contribution in [2.45, 2.75) is 45.6 Å². The number of nitrogens with one attached hydrogen (secondary N) is 2. The van der Waals surface area contributed by atoms with Crippen molar-refractivity contribution < 1.29 is 19.0 Å². The molecular weight excluding hydrogens is 511 g/mol. The van der Waals surface area contributed by atoms with Gasteiger partial charge in [0.1, 0.15) is 5.75 Å². The molecule has 1 aliphatic rings. The molecule has 0 aliphatic carbocycles. The third-order valence-electron chi connectivity index (χ3n) is 5.11. The molecule has 1 heterocycles. The van der Waals surface area contributed by atoms with Crippen molar-refractivity contribution in [2.24, 2.45) is 4.99 Å². The number of likely N-dealkylation sites (tertiary alicyclic amines) is 1. The van der Waals surface area contributed by atoms with E-state index in [-0.39, 0.29) is 29.9 Å². The van der Waals surface area contributed by atoms with E-state index in [0.717, 1.165) is 63.4 Å². The molecule has 0 atom stereocenters. The first-order chi connectivity index (χ1) is 14.6. The van der Waals surface area contributed by atoms with Crippen molar-refractivity contribution in [2.75, 3.05) is 47.5 Å². The smallest absolute Gasteiger partial charge is 0.222 e. The highest BCUT2D eigenvalue weighted by Crippen LogP contribution is 2.34. The first-order valence-electron chi connectivity index (χ1n) is 10.7. The number of hydrogen-bond acceptors (Lipinski definition) is 5. The van der Waals surface area contributed by atoms with E-state index in [4.69, 9.17) is 14.2 Å². The summed E-state index contributed by atoms with van der Waals surface area (Å²) in [6.45, 7) is 5.65. The third-order valence-corrected chi connectivity index (χ3v) is 5.11. The highest BCUT2D eigenvalue weighted by atomic mass is 127. The van der Waals surface area contributed by atoms with Gasteiger partial charge in [-0.15, -0.1) is 24.0 Å². The molecule has 1 saturated heterocycles. The Morgan fingerprint density at radius 2 is 1.74 bits per heavy atom. The van der Waals surface area contributed by atoms with Gasteiger partial charge in [0.05, 0.1) is 27.9 Å². The number of methoxy groups -OCH3 is 3. The van der Waals surface area contributed by atoms with Crippen LogP contribution in [0.5, 0.6) is 17.2 Å². The molecule has 0 unspecified atom stereocenters. The van der Waals surface area contributed by atoms with E-state index < -0.39 is 0 Å². The van der Waals surface area contributed by atoms with Crippen molar-refractivity contribution >= 4 is 35.8 Å². The number of rotatable bonds is 10. The van der Waals surface area contributed by atoms with Gasteiger partial charge in [0.25, 0.3) is 0 Å². The van der Waals surface area contributed by atoms with Crippen LogP contribution in [0.15, 0.2) is 17.1 Å². The van der Waals surface area contributed by atoms with Gasteiger partial charge in [-0.25, -0.2) is 4.99 Å². The molecule has 9 heteroatoms. The van der Waals surface area contributed by atoms with Gasteiger partial charge in [-0.2, -0.15) is 0 Å². The highest BCUT2D eigenvalue weighted by molar-refractivity contribution is 14.0. The van der Waals surface area contributed by atoms with Crippen LogP contribution >= 0.6 is 24.0 Å². The standard InChI is InChI=1S/C22H36N4O4.HI/c1-5-23-22(24-11-9-13-26-12-8-6-7-10-21(26)27)25-16-17-14-19(29-3)20(30-4)15-18(17)28-2;/h14-15H,5-13,16H2,1-4H3,(H2,23,24,25);1H. The fourth-order valence-corrected chi connectivity index (χ4v) is 3.47. The van der Waals surface area contributed by atoms with Gasteiger partial charge in [0, 0.05) is 44.2 Å². The minimum Gasteiger partial charge on any atom is -0.496 e. The maximum Gasteiger partial charge on any atom is 0.222 e. The Balaban J connectivity index is 0.00000480. The Hall–Kier alpha value is -1.91. The second kappa shape index (κ2) is 15.0. The number of guanidine groups is 1. The Kier molecular flexibility index (Phi) is 13.1. The average molecular weight is 548 g/mol. The quantitative estimate of drug-likeness (QED) is 0.202. The van der Waals surface area contributed by atoms with E-state index in [1.54, 1.807) is 21.3 Å². The average Bonchev–Trinajstić information content (AvgIpc) is 2.98. The monoisotopic (exact) mass is 548 g/mol. The summed E-state index contributed by atoms with van der Waals surface area (Å²) in [6, 6.07) is 3.69. The molecule has 2 N–H and O–H groups in total. The normalized spacial score (nSPS) is 14.4. The van der Waals surface area contributed by atoms with E-state index in [1.807, 2.05) is 24.0 Å². The van der Waals surface area contributed by atoms with E-state index >= 15 is 0 Å². The molecule has 2 rings (SSSR count). The van der Waals surface area contributed by atoms with Crippen LogP contribution in [-0.2, 0) is 11.3 Å².